The lowest BCUT2D eigenvalue weighted by molar-refractivity contribution is -0.145. The Hall–Kier alpha value is -1.63. The predicted molar refractivity (Wildman–Crippen MR) is 58.7 cm³/mol. The molecule has 0 aliphatic carbocycles. The van der Waals surface area contributed by atoms with Crippen LogP contribution in [0.3, 0.4) is 0 Å². The molecule has 2 atom stereocenters. The van der Waals surface area contributed by atoms with E-state index in [1.165, 1.54) is 7.11 Å². The standard InChI is InChI=1S/C10H17N3O4/c1-17-10(16)7(13-8(14)5-11)4-6-2-3-12-9(6)15/h6-7H,2-5,11H2,1H3,(H,12,15)(H,13,14). The van der Waals surface area contributed by atoms with Gasteiger partial charge in [0.2, 0.25) is 11.8 Å². The molecule has 1 aliphatic heterocycles. The molecule has 0 bridgehead atoms. The first kappa shape index (κ1) is 13.4. The lowest BCUT2D eigenvalue weighted by Gasteiger charge is -2.18. The molecule has 7 heteroatoms. The van der Waals surface area contributed by atoms with Crippen LogP contribution in [0, 0.1) is 5.92 Å². The summed E-state index contributed by atoms with van der Waals surface area (Å²) in [4.78, 5) is 34.0. The predicted octanol–water partition coefficient (Wildman–Crippen LogP) is -1.87. The number of methoxy groups -OCH3 is 1. The Kier molecular flexibility index (Phi) is 4.89. The SMILES string of the molecule is COC(=O)C(CC1CCNC1=O)NC(=O)CN. The fourth-order valence-electron chi connectivity index (χ4n) is 1.76. The molecule has 1 heterocycles. The summed E-state index contributed by atoms with van der Waals surface area (Å²) in [5.41, 5.74) is 5.15. The van der Waals surface area contributed by atoms with E-state index in [0.29, 0.717) is 13.0 Å². The lowest BCUT2D eigenvalue weighted by Crippen LogP contribution is -2.45. The summed E-state index contributed by atoms with van der Waals surface area (Å²) in [5.74, 6) is -1.37. The van der Waals surface area contributed by atoms with E-state index < -0.39 is 17.9 Å². The van der Waals surface area contributed by atoms with Gasteiger partial charge >= 0.3 is 5.97 Å². The number of carbonyl (C=O) groups is 3. The Morgan fingerprint density at radius 3 is 2.82 bits per heavy atom. The van der Waals surface area contributed by atoms with Gasteiger partial charge in [-0.3, -0.25) is 9.59 Å². The highest BCUT2D eigenvalue weighted by atomic mass is 16.5. The van der Waals surface area contributed by atoms with Gasteiger partial charge in [-0.05, 0) is 12.8 Å². The van der Waals surface area contributed by atoms with Crippen LogP contribution in [-0.4, -0.2) is 44.0 Å². The summed E-state index contributed by atoms with van der Waals surface area (Å²) in [5, 5.41) is 5.12. The van der Waals surface area contributed by atoms with Gasteiger partial charge in [-0.15, -0.1) is 0 Å². The number of esters is 1. The van der Waals surface area contributed by atoms with Crippen molar-refractivity contribution in [2.45, 2.75) is 18.9 Å². The molecule has 0 saturated carbocycles. The van der Waals surface area contributed by atoms with E-state index in [9.17, 15) is 14.4 Å². The van der Waals surface area contributed by atoms with E-state index in [4.69, 9.17) is 5.73 Å². The summed E-state index contributed by atoms with van der Waals surface area (Å²) in [6, 6.07) is -0.815. The van der Waals surface area contributed by atoms with Crippen LogP contribution in [-0.2, 0) is 19.1 Å². The van der Waals surface area contributed by atoms with Gasteiger partial charge in [0, 0.05) is 12.5 Å². The Balaban J connectivity index is 2.59. The molecule has 0 aromatic rings. The van der Waals surface area contributed by atoms with Gasteiger partial charge in [0.05, 0.1) is 13.7 Å². The number of nitrogens with one attached hydrogen (secondary N) is 2. The number of nitrogens with two attached hydrogens (primary N) is 1. The van der Waals surface area contributed by atoms with Crippen LogP contribution in [0.25, 0.3) is 0 Å². The maximum atomic E-state index is 11.4. The van der Waals surface area contributed by atoms with E-state index in [-0.39, 0.29) is 24.8 Å². The van der Waals surface area contributed by atoms with Crippen LogP contribution in [0.1, 0.15) is 12.8 Å². The van der Waals surface area contributed by atoms with Crippen molar-refractivity contribution in [3.63, 3.8) is 0 Å². The highest BCUT2D eigenvalue weighted by Crippen LogP contribution is 2.16. The summed E-state index contributed by atoms with van der Waals surface area (Å²) in [6.45, 7) is 0.395. The van der Waals surface area contributed by atoms with Crippen molar-refractivity contribution in [3.8, 4) is 0 Å². The smallest absolute Gasteiger partial charge is 0.328 e. The van der Waals surface area contributed by atoms with Gasteiger partial charge in [0.1, 0.15) is 6.04 Å². The van der Waals surface area contributed by atoms with Crippen molar-refractivity contribution >= 4 is 17.8 Å². The minimum absolute atomic E-state index is 0.0964. The lowest BCUT2D eigenvalue weighted by atomic mass is 9.98. The number of hydrogen-bond acceptors (Lipinski definition) is 5. The maximum absolute atomic E-state index is 11.4. The molecule has 0 spiro atoms. The van der Waals surface area contributed by atoms with Crippen molar-refractivity contribution in [2.24, 2.45) is 11.7 Å². The van der Waals surface area contributed by atoms with E-state index in [1.54, 1.807) is 0 Å². The minimum Gasteiger partial charge on any atom is -0.467 e. The normalized spacial score (nSPS) is 20.6. The molecule has 0 aromatic heterocycles. The Morgan fingerprint density at radius 1 is 1.65 bits per heavy atom. The molecule has 4 N–H and O–H groups in total. The average molecular weight is 243 g/mol. The Morgan fingerprint density at radius 2 is 2.35 bits per heavy atom. The molecule has 0 aromatic carbocycles. The molecule has 7 nitrogen and oxygen atoms in total. The highest BCUT2D eigenvalue weighted by Gasteiger charge is 2.31. The molecule has 17 heavy (non-hydrogen) atoms. The van der Waals surface area contributed by atoms with Gasteiger partial charge in [-0.1, -0.05) is 0 Å². The molecule has 2 unspecified atom stereocenters. The zero-order valence-corrected chi connectivity index (χ0v) is 9.69. The van der Waals surface area contributed by atoms with Gasteiger partial charge in [0.25, 0.3) is 0 Å². The van der Waals surface area contributed by atoms with Gasteiger partial charge in [-0.2, -0.15) is 0 Å². The number of hydrogen-bond donors (Lipinski definition) is 3. The zero-order valence-electron chi connectivity index (χ0n) is 9.69. The van der Waals surface area contributed by atoms with Crippen LogP contribution >= 0.6 is 0 Å². The van der Waals surface area contributed by atoms with Crippen molar-refractivity contribution in [3.05, 3.63) is 0 Å². The zero-order chi connectivity index (χ0) is 12.8. The number of amides is 2. The van der Waals surface area contributed by atoms with E-state index >= 15 is 0 Å². The third kappa shape index (κ3) is 3.70. The summed E-state index contributed by atoms with van der Waals surface area (Å²) < 4.78 is 4.58. The van der Waals surface area contributed by atoms with Crippen LogP contribution in [0.4, 0.5) is 0 Å². The molecule has 1 saturated heterocycles. The summed E-state index contributed by atoms with van der Waals surface area (Å²) in [7, 11) is 1.23. The molecule has 96 valence electrons. The quantitative estimate of drug-likeness (QED) is 0.490. The Labute approximate surface area is 99.1 Å². The fraction of sp³-hybridized carbons (Fsp3) is 0.700. The first-order valence-electron chi connectivity index (χ1n) is 5.43. The largest absolute Gasteiger partial charge is 0.467 e. The average Bonchev–Trinajstić information content (AvgIpc) is 2.73. The van der Waals surface area contributed by atoms with Crippen molar-refractivity contribution in [1.82, 2.24) is 10.6 Å². The van der Waals surface area contributed by atoms with E-state index in [0.717, 1.165) is 0 Å². The molecule has 1 rings (SSSR count). The topological polar surface area (TPSA) is 111 Å². The second-order valence-corrected chi connectivity index (χ2v) is 3.86. The van der Waals surface area contributed by atoms with Gasteiger partial charge < -0.3 is 21.1 Å². The number of rotatable bonds is 5. The first-order chi connectivity index (χ1) is 8.08. The maximum Gasteiger partial charge on any atom is 0.328 e. The Bertz CT molecular complexity index is 319. The monoisotopic (exact) mass is 243 g/mol. The van der Waals surface area contributed by atoms with Crippen LogP contribution in [0.2, 0.25) is 0 Å². The third-order valence-electron chi connectivity index (χ3n) is 2.69. The van der Waals surface area contributed by atoms with Crippen molar-refractivity contribution < 1.29 is 19.1 Å². The molecular weight excluding hydrogens is 226 g/mol. The second-order valence-electron chi connectivity index (χ2n) is 3.86. The van der Waals surface area contributed by atoms with Crippen molar-refractivity contribution in [1.29, 1.82) is 0 Å². The molecule has 1 aliphatic rings. The molecule has 1 fully saturated rings. The van der Waals surface area contributed by atoms with Crippen LogP contribution in [0.5, 0.6) is 0 Å². The molecule has 0 radical (unpaired) electrons. The number of carbonyl (C=O) groups excluding carboxylic acids is 3. The van der Waals surface area contributed by atoms with Crippen molar-refractivity contribution in [2.75, 3.05) is 20.2 Å². The van der Waals surface area contributed by atoms with Gasteiger partial charge in [-0.25, -0.2) is 4.79 Å². The summed E-state index contributed by atoms with van der Waals surface area (Å²) in [6.07, 6.45) is 0.898. The highest BCUT2D eigenvalue weighted by molar-refractivity contribution is 5.86. The summed E-state index contributed by atoms with van der Waals surface area (Å²) >= 11 is 0. The fourth-order valence-corrected chi connectivity index (χ4v) is 1.76. The van der Waals surface area contributed by atoms with E-state index in [2.05, 4.69) is 15.4 Å². The minimum atomic E-state index is -0.815. The van der Waals surface area contributed by atoms with E-state index in [1.807, 2.05) is 0 Å². The molecular formula is C10H17N3O4. The van der Waals surface area contributed by atoms with Crippen LogP contribution in [0.15, 0.2) is 0 Å². The second kappa shape index (κ2) is 6.19. The number of ether oxygens (including phenoxy) is 1. The van der Waals surface area contributed by atoms with Gasteiger partial charge in [0.15, 0.2) is 0 Å². The molecule has 2 amide bonds. The third-order valence-corrected chi connectivity index (χ3v) is 2.69. The first-order valence-corrected chi connectivity index (χ1v) is 5.43. The van der Waals surface area contributed by atoms with Crippen LogP contribution < -0.4 is 16.4 Å².